The first kappa shape index (κ1) is 13.2. The average molecular weight is 333 g/mol. The van der Waals surface area contributed by atoms with Gasteiger partial charge in [-0.1, -0.05) is 29.2 Å². The molecule has 3 heterocycles. The van der Waals surface area contributed by atoms with Crippen LogP contribution < -0.4 is 0 Å². The molecule has 4 rings (SSSR count). The smallest absolute Gasteiger partial charge is 0.298 e. The molecule has 1 aromatic carbocycles. The Balaban J connectivity index is 1.86. The first-order chi connectivity index (χ1) is 10.7. The highest BCUT2D eigenvalue weighted by molar-refractivity contribution is 8.00. The van der Waals surface area contributed by atoms with Gasteiger partial charge in [-0.25, -0.2) is 14.5 Å². The molecule has 0 spiro atoms. The molecule has 0 N–H and O–H groups in total. The SMILES string of the molecule is CSc1nn2cc(-c3nc4c([N+](=O)[O-])cccc4o3)nc2s1. The molecule has 10 heteroatoms. The van der Waals surface area contributed by atoms with E-state index in [0.29, 0.717) is 11.3 Å². The van der Waals surface area contributed by atoms with Crippen molar-refractivity contribution in [1.82, 2.24) is 19.6 Å². The number of para-hydroxylation sites is 1. The van der Waals surface area contributed by atoms with E-state index in [1.807, 2.05) is 6.26 Å². The fourth-order valence-corrected chi connectivity index (χ4v) is 3.40. The summed E-state index contributed by atoms with van der Waals surface area (Å²) in [7, 11) is 0. The third kappa shape index (κ3) is 1.96. The van der Waals surface area contributed by atoms with E-state index >= 15 is 0 Å². The molecule has 4 aromatic rings. The lowest BCUT2D eigenvalue weighted by atomic mass is 10.3. The molecule has 0 saturated heterocycles. The lowest BCUT2D eigenvalue weighted by Gasteiger charge is -1.88. The van der Waals surface area contributed by atoms with Gasteiger partial charge in [0.2, 0.25) is 10.9 Å². The van der Waals surface area contributed by atoms with Crippen molar-refractivity contribution >= 4 is 44.8 Å². The summed E-state index contributed by atoms with van der Waals surface area (Å²) in [5.74, 6) is 0.243. The van der Waals surface area contributed by atoms with Gasteiger partial charge in [-0.15, -0.1) is 5.10 Å². The number of thioether (sulfide) groups is 1. The summed E-state index contributed by atoms with van der Waals surface area (Å²) >= 11 is 3.00. The molecule has 0 aliphatic rings. The number of oxazole rings is 1. The Bertz CT molecular complexity index is 987. The summed E-state index contributed by atoms with van der Waals surface area (Å²) < 4.78 is 8.13. The number of fused-ring (bicyclic) bond motifs is 2. The summed E-state index contributed by atoms with van der Waals surface area (Å²) in [6.07, 6.45) is 3.64. The molecular formula is C12H7N5O3S2. The van der Waals surface area contributed by atoms with Crippen molar-refractivity contribution in [3.05, 3.63) is 34.5 Å². The average Bonchev–Trinajstić information content (AvgIpc) is 3.17. The molecule has 0 atom stereocenters. The maximum absolute atomic E-state index is 11.0. The second-order valence-corrected chi connectivity index (χ2v) is 6.33. The van der Waals surface area contributed by atoms with E-state index in [0.717, 1.165) is 9.30 Å². The summed E-state index contributed by atoms with van der Waals surface area (Å²) in [6.45, 7) is 0. The van der Waals surface area contributed by atoms with Gasteiger partial charge in [0.1, 0.15) is 5.69 Å². The Labute approximate surface area is 130 Å². The van der Waals surface area contributed by atoms with Crippen molar-refractivity contribution in [2.75, 3.05) is 6.26 Å². The first-order valence-electron chi connectivity index (χ1n) is 6.10. The number of nitrogens with zero attached hydrogens (tertiary/aromatic N) is 5. The van der Waals surface area contributed by atoms with Gasteiger partial charge < -0.3 is 4.42 Å². The topological polar surface area (TPSA) is 99.4 Å². The van der Waals surface area contributed by atoms with Crippen molar-refractivity contribution in [3.8, 4) is 11.6 Å². The number of hydrogen-bond donors (Lipinski definition) is 0. The van der Waals surface area contributed by atoms with Crippen LogP contribution in [0.3, 0.4) is 0 Å². The predicted molar refractivity (Wildman–Crippen MR) is 82.3 cm³/mol. The molecule has 3 aromatic heterocycles. The van der Waals surface area contributed by atoms with E-state index in [2.05, 4.69) is 15.1 Å². The largest absolute Gasteiger partial charge is 0.434 e. The second kappa shape index (κ2) is 4.78. The molecule has 0 unspecified atom stereocenters. The maximum atomic E-state index is 11.0. The third-order valence-corrected chi connectivity index (χ3v) is 4.91. The van der Waals surface area contributed by atoms with Crippen LogP contribution in [-0.2, 0) is 0 Å². The van der Waals surface area contributed by atoms with Crippen LogP contribution in [0.5, 0.6) is 0 Å². The van der Waals surface area contributed by atoms with Crippen LogP contribution in [0.1, 0.15) is 0 Å². The third-order valence-electron chi connectivity index (χ3n) is 3.01. The zero-order valence-electron chi connectivity index (χ0n) is 11.1. The number of hydrogen-bond acceptors (Lipinski definition) is 8. The Morgan fingerprint density at radius 3 is 3.00 bits per heavy atom. The van der Waals surface area contributed by atoms with Crippen molar-refractivity contribution in [3.63, 3.8) is 0 Å². The molecule has 0 amide bonds. The molecule has 8 nitrogen and oxygen atoms in total. The van der Waals surface area contributed by atoms with E-state index < -0.39 is 4.92 Å². The van der Waals surface area contributed by atoms with Crippen LogP contribution in [0, 0.1) is 10.1 Å². The molecule has 0 fully saturated rings. The zero-order valence-corrected chi connectivity index (χ0v) is 12.7. The standard InChI is InChI=1S/C12H7N5O3S2/c1-21-12-15-16-5-6(13-11(16)22-12)10-14-9-7(17(18)19)3-2-4-8(9)20-10/h2-5H,1H3. The van der Waals surface area contributed by atoms with Crippen molar-refractivity contribution < 1.29 is 9.34 Å². The molecule has 110 valence electrons. The van der Waals surface area contributed by atoms with E-state index in [4.69, 9.17) is 4.42 Å². The maximum Gasteiger partial charge on any atom is 0.298 e. The lowest BCUT2D eigenvalue weighted by molar-refractivity contribution is -0.383. The van der Waals surface area contributed by atoms with Crippen LogP contribution in [-0.4, -0.2) is 30.8 Å². The van der Waals surface area contributed by atoms with Crippen LogP contribution in [0.4, 0.5) is 5.69 Å². The Kier molecular flexibility index (Phi) is 2.87. The highest BCUT2D eigenvalue weighted by Gasteiger charge is 2.20. The Hall–Kier alpha value is -2.46. The van der Waals surface area contributed by atoms with Crippen LogP contribution in [0.2, 0.25) is 0 Å². The van der Waals surface area contributed by atoms with E-state index in [1.54, 1.807) is 34.6 Å². The minimum Gasteiger partial charge on any atom is -0.434 e. The molecule has 22 heavy (non-hydrogen) atoms. The van der Waals surface area contributed by atoms with Gasteiger partial charge in [0, 0.05) is 6.07 Å². The van der Waals surface area contributed by atoms with Gasteiger partial charge in [0.05, 0.1) is 11.1 Å². The quantitative estimate of drug-likeness (QED) is 0.322. The van der Waals surface area contributed by atoms with Gasteiger partial charge in [0.15, 0.2) is 15.4 Å². The number of nitro groups is 1. The summed E-state index contributed by atoms with van der Waals surface area (Å²) in [4.78, 5) is 19.9. The van der Waals surface area contributed by atoms with Crippen LogP contribution >= 0.6 is 23.1 Å². The fraction of sp³-hybridized carbons (Fsp3) is 0.0833. The van der Waals surface area contributed by atoms with Crippen molar-refractivity contribution in [1.29, 1.82) is 0 Å². The van der Waals surface area contributed by atoms with E-state index in [1.165, 1.54) is 17.4 Å². The summed E-state index contributed by atoms with van der Waals surface area (Å²) in [5.41, 5.74) is 0.989. The number of nitro benzene ring substituents is 1. The molecule has 0 saturated carbocycles. The minimum atomic E-state index is -0.479. The number of benzene rings is 1. The predicted octanol–water partition coefficient (Wildman–Crippen LogP) is 3.23. The minimum absolute atomic E-state index is 0.0867. The number of aromatic nitrogens is 4. The molecule has 0 bridgehead atoms. The van der Waals surface area contributed by atoms with Crippen molar-refractivity contribution in [2.45, 2.75) is 4.34 Å². The Morgan fingerprint density at radius 2 is 2.27 bits per heavy atom. The van der Waals surface area contributed by atoms with E-state index in [-0.39, 0.29) is 17.1 Å². The molecular weight excluding hydrogens is 326 g/mol. The lowest BCUT2D eigenvalue weighted by Crippen LogP contribution is -1.88. The molecule has 0 radical (unpaired) electrons. The van der Waals surface area contributed by atoms with Crippen LogP contribution in [0.25, 0.3) is 27.6 Å². The van der Waals surface area contributed by atoms with E-state index in [9.17, 15) is 10.1 Å². The van der Waals surface area contributed by atoms with Gasteiger partial charge in [-0.2, -0.15) is 0 Å². The highest BCUT2D eigenvalue weighted by Crippen LogP contribution is 2.31. The van der Waals surface area contributed by atoms with Gasteiger partial charge >= 0.3 is 0 Å². The molecule has 0 aliphatic heterocycles. The monoisotopic (exact) mass is 333 g/mol. The van der Waals surface area contributed by atoms with Crippen LogP contribution in [0.15, 0.2) is 33.2 Å². The zero-order chi connectivity index (χ0) is 15.3. The highest BCUT2D eigenvalue weighted by atomic mass is 32.2. The normalized spacial score (nSPS) is 11.5. The number of imidazole rings is 1. The fourth-order valence-electron chi connectivity index (χ4n) is 2.06. The first-order valence-corrected chi connectivity index (χ1v) is 8.14. The van der Waals surface area contributed by atoms with Gasteiger partial charge in [-0.3, -0.25) is 10.1 Å². The molecule has 0 aliphatic carbocycles. The summed E-state index contributed by atoms with van der Waals surface area (Å²) in [6, 6.07) is 4.60. The Morgan fingerprint density at radius 1 is 1.41 bits per heavy atom. The van der Waals surface area contributed by atoms with Crippen molar-refractivity contribution in [2.24, 2.45) is 0 Å². The second-order valence-electron chi connectivity index (χ2n) is 4.33. The number of rotatable bonds is 3. The van der Waals surface area contributed by atoms with Gasteiger partial charge in [0.25, 0.3) is 5.69 Å². The number of non-ortho nitro benzene ring substituents is 1. The summed E-state index contributed by atoms with van der Waals surface area (Å²) in [5, 5.41) is 15.4. The van der Waals surface area contributed by atoms with Gasteiger partial charge in [-0.05, 0) is 12.3 Å².